The van der Waals surface area contributed by atoms with Gasteiger partial charge in [-0.3, -0.25) is 14.6 Å². The number of likely N-dealkylation sites (tertiary alicyclic amines) is 1. The molecule has 2 aliphatic rings. The molecule has 0 aromatic heterocycles. The predicted octanol–water partition coefficient (Wildman–Crippen LogP) is 1.84. The number of aliphatic carboxylic acids is 1. The van der Waals surface area contributed by atoms with Crippen LogP contribution in [0, 0.1) is 0 Å². The van der Waals surface area contributed by atoms with Crippen LogP contribution >= 0.6 is 0 Å². The summed E-state index contributed by atoms with van der Waals surface area (Å²) in [7, 11) is 0. The van der Waals surface area contributed by atoms with Crippen LogP contribution in [0.15, 0.2) is 24.3 Å². The highest BCUT2D eigenvalue weighted by atomic mass is 16.5. The first-order valence-electron chi connectivity index (χ1n) is 9.22. The molecule has 138 valence electrons. The number of hydrogen-bond acceptors (Lipinski definition) is 5. The van der Waals surface area contributed by atoms with E-state index in [0.29, 0.717) is 13.2 Å². The van der Waals surface area contributed by atoms with E-state index < -0.39 is 5.97 Å². The minimum absolute atomic E-state index is 0.366. The van der Waals surface area contributed by atoms with Gasteiger partial charge in [-0.15, -0.1) is 0 Å². The molecule has 0 aliphatic carbocycles. The first-order valence-corrected chi connectivity index (χ1v) is 9.22. The average Bonchev–Trinajstić information content (AvgIpc) is 3.09. The Morgan fingerprint density at radius 1 is 1.24 bits per heavy atom. The standard InChI is InChI=1S/C19H28N2O4/c22-19(23)17-6-3-9-21(17)15-16-5-1-2-7-18(16)25-12-4-8-20-10-13-24-14-11-20/h1-2,5,7,17H,3-4,6,8-15H2,(H,22,23)/t17-/m1/s1. The third kappa shape index (κ3) is 5.17. The number of carboxylic acid groups (broad SMARTS) is 1. The molecule has 0 radical (unpaired) electrons. The molecule has 0 amide bonds. The third-order valence-corrected chi connectivity index (χ3v) is 4.97. The highest BCUT2D eigenvalue weighted by molar-refractivity contribution is 5.73. The number of benzene rings is 1. The summed E-state index contributed by atoms with van der Waals surface area (Å²) in [6.07, 6.45) is 2.66. The second kappa shape index (κ2) is 9.17. The van der Waals surface area contributed by atoms with Crippen LogP contribution in [0.1, 0.15) is 24.8 Å². The molecule has 1 aromatic carbocycles. The number of ether oxygens (including phenoxy) is 2. The zero-order valence-electron chi connectivity index (χ0n) is 14.7. The Morgan fingerprint density at radius 2 is 2.04 bits per heavy atom. The molecule has 0 bridgehead atoms. The second-order valence-electron chi connectivity index (χ2n) is 6.73. The van der Waals surface area contributed by atoms with E-state index in [9.17, 15) is 9.90 Å². The lowest BCUT2D eigenvalue weighted by molar-refractivity contribution is -0.142. The highest BCUT2D eigenvalue weighted by Crippen LogP contribution is 2.25. The van der Waals surface area contributed by atoms with E-state index in [2.05, 4.69) is 4.90 Å². The maximum absolute atomic E-state index is 11.4. The molecular weight excluding hydrogens is 320 g/mol. The average molecular weight is 348 g/mol. The van der Waals surface area contributed by atoms with Crippen molar-refractivity contribution in [1.29, 1.82) is 0 Å². The van der Waals surface area contributed by atoms with Gasteiger partial charge in [0.2, 0.25) is 0 Å². The Bertz CT molecular complexity index is 560. The normalized spacial score (nSPS) is 22.2. The Kier molecular flexibility index (Phi) is 6.67. The highest BCUT2D eigenvalue weighted by Gasteiger charge is 2.30. The van der Waals surface area contributed by atoms with Crippen molar-refractivity contribution in [2.24, 2.45) is 0 Å². The molecule has 0 saturated carbocycles. The van der Waals surface area contributed by atoms with Crippen molar-refractivity contribution >= 4 is 5.97 Å². The monoisotopic (exact) mass is 348 g/mol. The fraction of sp³-hybridized carbons (Fsp3) is 0.632. The lowest BCUT2D eigenvalue weighted by Gasteiger charge is -2.26. The maximum Gasteiger partial charge on any atom is 0.320 e. The van der Waals surface area contributed by atoms with Crippen molar-refractivity contribution in [3.05, 3.63) is 29.8 Å². The zero-order chi connectivity index (χ0) is 17.5. The minimum Gasteiger partial charge on any atom is -0.493 e. The van der Waals surface area contributed by atoms with Crippen molar-refractivity contribution in [3.63, 3.8) is 0 Å². The number of nitrogens with zero attached hydrogens (tertiary/aromatic N) is 2. The number of rotatable bonds is 8. The van der Waals surface area contributed by atoms with Gasteiger partial charge in [0.25, 0.3) is 0 Å². The Balaban J connectivity index is 1.49. The quantitative estimate of drug-likeness (QED) is 0.724. The molecule has 25 heavy (non-hydrogen) atoms. The van der Waals surface area contributed by atoms with Gasteiger partial charge in [0.1, 0.15) is 11.8 Å². The number of carboxylic acids is 1. The van der Waals surface area contributed by atoms with Gasteiger partial charge in [-0.05, 0) is 31.9 Å². The van der Waals surface area contributed by atoms with Crippen LogP contribution in [-0.4, -0.2) is 72.9 Å². The molecule has 1 atom stereocenters. The van der Waals surface area contributed by atoms with Crippen LogP contribution in [0.2, 0.25) is 0 Å². The van der Waals surface area contributed by atoms with E-state index >= 15 is 0 Å². The molecule has 2 aliphatic heterocycles. The number of hydrogen-bond donors (Lipinski definition) is 1. The summed E-state index contributed by atoms with van der Waals surface area (Å²) in [4.78, 5) is 15.8. The summed E-state index contributed by atoms with van der Waals surface area (Å²) in [6.45, 7) is 6.83. The van der Waals surface area contributed by atoms with Crippen LogP contribution in [0.25, 0.3) is 0 Å². The summed E-state index contributed by atoms with van der Waals surface area (Å²) >= 11 is 0. The van der Waals surface area contributed by atoms with Crippen molar-refractivity contribution in [1.82, 2.24) is 9.80 Å². The molecule has 6 heteroatoms. The second-order valence-corrected chi connectivity index (χ2v) is 6.73. The van der Waals surface area contributed by atoms with Crippen molar-refractivity contribution in [2.45, 2.75) is 31.8 Å². The van der Waals surface area contributed by atoms with E-state index in [1.807, 2.05) is 29.2 Å². The number of para-hydroxylation sites is 1. The van der Waals surface area contributed by atoms with Gasteiger partial charge in [0, 0.05) is 31.7 Å². The van der Waals surface area contributed by atoms with E-state index in [0.717, 1.165) is 70.0 Å². The van der Waals surface area contributed by atoms with Crippen molar-refractivity contribution in [3.8, 4) is 5.75 Å². The summed E-state index contributed by atoms with van der Waals surface area (Å²) < 4.78 is 11.4. The van der Waals surface area contributed by atoms with Gasteiger partial charge in [0.05, 0.1) is 19.8 Å². The first-order chi connectivity index (χ1) is 12.2. The lowest BCUT2D eigenvalue weighted by atomic mass is 10.1. The first kappa shape index (κ1) is 18.2. The van der Waals surface area contributed by atoms with E-state index in [-0.39, 0.29) is 6.04 Å². The van der Waals surface area contributed by atoms with E-state index in [4.69, 9.17) is 9.47 Å². The Hall–Kier alpha value is -1.63. The molecule has 0 spiro atoms. The molecule has 0 unspecified atom stereocenters. The van der Waals surface area contributed by atoms with Crippen molar-refractivity contribution < 1.29 is 19.4 Å². The van der Waals surface area contributed by atoms with Crippen LogP contribution in [0.3, 0.4) is 0 Å². The summed E-state index contributed by atoms with van der Waals surface area (Å²) in [5, 5.41) is 9.34. The number of carbonyl (C=O) groups is 1. The van der Waals surface area contributed by atoms with Crippen LogP contribution in [-0.2, 0) is 16.1 Å². The lowest BCUT2D eigenvalue weighted by Crippen LogP contribution is -2.37. The van der Waals surface area contributed by atoms with Crippen LogP contribution in [0.5, 0.6) is 5.75 Å². The molecule has 1 N–H and O–H groups in total. The van der Waals surface area contributed by atoms with Gasteiger partial charge in [-0.25, -0.2) is 0 Å². The summed E-state index contributed by atoms with van der Waals surface area (Å²) in [6, 6.07) is 7.61. The smallest absolute Gasteiger partial charge is 0.320 e. The van der Waals surface area contributed by atoms with Gasteiger partial charge in [0.15, 0.2) is 0 Å². The molecule has 6 nitrogen and oxygen atoms in total. The van der Waals surface area contributed by atoms with Gasteiger partial charge < -0.3 is 14.6 Å². The molecule has 2 fully saturated rings. The predicted molar refractivity (Wildman–Crippen MR) is 94.9 cm³/mol. The third-order valence-electron chi connectivity index (χ3n) is 4.97. The largest absolute Gasteiger partial charge is 0.493 e. The fourth-order valence-corrected chi connectivity index (χ4v) is 3.58. The summed E-state index contributed by atoms with van der Waals surface area (Å²) in [5.74, 6) is 0.155. The van der Waals surface area contributed by atoms with Crippen LogP contribution < -0.4 is 4.74 Å². The van der Waals surface area contributed by atoms with Gasteiger partial charge >= 0.3 is 5.97 Å². The Morgan fingerprint density at radius 3 is 2.84 bits per heavy atom. The van der Waals surface area contributed by atoms with Gasteiger partial charge in [-0.2, -0.15) is 0 Å². The molecule has 3 rings (SSSR count). The van der Waals surface area contributed by atoms with E-state index in [1.54, 1.807) is 0 Å². The van der Waals surface area contributed by atoms with E-state index in [1.165, 1.54) is 0 Å². The Labute approximate surface area is 149 Å². The fourth-order valence-electron chi connectivity index (χ4n) is 3.58. The maximum atomic E-state index is 11.4. The summed E-state index contributed by atoms with van der Waals surface area (Å²) in [5.41, 5.74) is 1.07. The zero-order valence-corrected chi connectivity index (χ0v) is 14.7. The molecular formula is C19H28N2O4. The van der Waals surface area contributed by atoms with Gasteiger partial charge in [-0.1, -0.05) is 18.2 Å². The topological polar surface area (TPSA) is 62.2 Å². The van der Waals surface area contributed by atoms with Crippen LogP contribution in [0.4, 0.5) is 0 Å². The SMILES string of the molecule is O=C(O)[C@H]1CCCN1Cc1ccccc1OCCCN1CCOCC1. The molecule has 2 saturated heterocycles. The minimum atomic E-state index is -0.721. The molecule has 1 aromatic rings. The number of morpholine rings is 1. The molecule has 2 heterocycles. The van der Waals surface area contributed by atoms with Crippen molar-refractivity contribution in [2.75, 3.05) is 46.0 Å².